The van der Waals surface area contributed by atoms with Crippen LogP contribution in [0.15, 0.2) is 22.7 Å². The van der Waals surface area contributed by atoms with E-state index in [0.717, 1.165) is 36.9 Å². The molecule has 1 aromatic carbocycles. The molecule has 0 spiro atoms. The van der Waals surface area contributed by atoms with Crippen LogP contribution in [0.1, 0.15) is 36.5 Å². The first-order valence-corrected chi connectivity index (χ1v) is 8.26. The Morgan fingerprint density at radius 3 is 2.95 bits per heavy atom. The van der Waals surface area contributed by atoms with Crippen LogP contribution >= 0.6 is 27.5 Å². The minimum atomic E-state index is 0.0814. The summed E-state index contributed by atoms with van der Waals surface area (Å²) in [5, 5.41) is 4.07. The monoisotopic (exact) mass is 358 g/mol. The van der Waals surface area contributed by atoms with Gasteiger partial charge >= 0.3 is 0 Å². The van der Waals surface area contributed by atoms with Crippen LogP contribution in [0.25, 0.3) is 0 Å². The molecule has 1 amide bonds. The van der Waals surface area contributed by atoms with Crippen LogP contribution in [0.2, 0.25) is 5.02 Å². The van der Waals surface area contributed by atoms with E-state index in [2.05, 4.69) is 28.2 Å². The lowest BCUT2D eigenvalue weighted by atomic mass is 10.1. The highest BCUT2D eigenvalue weighted by atomic mass is 79.9. The number of amides is 1. The first kappa shape index (κ1) is 15.8. The summed E-state index contributed by atoms with van der Waals surface area (Å²) in [6.07, 6.45) is 3.32. The smallest absolute Gasteiger partial charge is 0.253 e. The van der Waals surface area contributed by atoms with E-state index in [4.69, 9.17) is 11.6 Å². The molecule has 1 N–H and O–H groups in total. The number of nitrogens with zero attached hydrogens (tertiary/aromatic N) is 1. The van der Waals surface area contributed by atoms with E-state index in [1.807, 2.05) is 4.90 Å². The normalized spacial score (nSPS) is 18.2. The Kier molecular flexibility index (Phi) is 5.87. The molecular formula is C15H20BrClN2O. The van der Waals surface area contributed by atoms with Gasteiger partial charge in [-0.1, -0.05) is 18.5 Å². The minimum absolute atomic E-state index is 0.0814. The molecule has 0 aromatic heterocycles. The van der Waals surface area contributed by atoms with Crippen molar-refractivity contribution >= 4 is 33.4 Å². The lowest BCUT2D eigenvalue weighted by molar-refractivity contribution is 0.0742. The SMILES string of the molecule is CCCN(CC1CCCN1)C(=O)c1ccc(Cl)c(Br)c1. The van der Waals surface area contributed by atoms with Crippen LogP contribution in [0.5, 0.6) is 0 Å². The Balaban J connectivity index is 2.10. The average molecular weight is 360 g/mol. The lowest BCUT2D eigenvalue weighted by Crippen LogP contribution is -2.41. The van der Waals surface area contributed by atoms with E-state index < -0.39 is 0 Å². The quantitative estimate of drug-likeness (QED) is 0.869. The van der Waals surface area contributed by atoms with Gasteiger partial charge in [0, 0.05) is 29.2 Å². The molecule has 1 aromatic rings. The molecular weight excluding hydrogens is 340 g/mol. The van der Waals surface area contributed by atoms with Gasteiger partial charge in [-0.15, -0.1) is 0 Å². The molecule has 20 heavy (non-hydrogen) atoms. The fraction of sp³-hybridized carbons (Fsp3) is 0.533. The van der Waals surface area contributed by atoms with E-state index in [-0.39, 0.29) is 5.91 Å². The first-order chi connectivity index (χ1) is 9.61. The molecule has 110 valence electrons. The Hall–Kier alpha value is -0.580. The van der Waals surface area contributed by atoms with Gasteiger partial charge in [-0.05, 0) is 59.9 Å². The summed E-state index contributed by atoms with van der Waals surface area (Å²) >= 11 is 9.36. The fourth-order valence-corrected chi connectivity index (χ4v) is 3.03. The lowest BCUT2D eigenvalue weighted by Gasteiger charge is -2.25. The molecule has 0 bridgehead atoms. The maximum absolute atomic E-state index is 12.6. The second kappa shape index (κ2) is 7.43. The van der Waals surface area contributed by atoms with Crippen molar-refractivity contribution in [1.29, 1.82) is 0 Å². The van der Waals surface area contributed by atoms with Crippen LogP contribution < -0.4 is 5.32 Å². The third kappa shape index (κ3) is 3.96. The second-order valence-corrected chi connectivity index (χ2v) is 6.43. The van der Waals surface area contributed by atoms with E-state index in [1.165, 1.54) is 6.42 Å². The molecule has 2 rings (SSSR count). The number of carbonyl (C=O) groups is 1. The summed E-state index contributed by atoms with van der Waals surface area (Å²) < 4.78 is 0.764. The van der Waals surface area contributed by atoms with Gasteiger partial charge in [0.2, 0.25) is 0 Å². The topological polar surface area (TPSA) is 32.3 Å². The Morgan fingerprint density at radius 1 is 1.55 bits per heavy atom. The summed E-state index contributed by atoms with van der Waals surface area (Å²) in [6.45, 7) is 4.73. The highest BCUT2D eigenvalue weighted by Gasteiger charge is 2.22. The van der Waals surface area contributed by atoms with Gasteiger partial charge in [0.05, 0.1) is 5.02 Å². The Bertz CT molecular complexity index is 475. The van der Waals surface area contributed by atoms with Crippen molar-refractivity contribution < 1.29 is 4.79 Å². The minimum Gasteiger partial charge on any atom is -0.337 e. The predicted octanol–water partition coefficient (Wildman–Crippen LogP) is 3.71. The molecule has 1 saturated heterocycles. The zero-order valence-corrected chi connectivity index (χ0v) is 14.0. The maximum Gasteiger partial charge on any atom is 0.253 e. The Morgan fingerprint density at radius 2 is 2.35 bits per heavy atom. The summed E-state index contributed by atoms with van der Waals surface area (Å²) in [7, 11) is 0. The van der Waals surface area contributed by atoms with Gasteiger partial charge in [-0.2, -0.15) is 0 Å². The van der Waals surface area contributed by atoms with Gasteiger partial charge < -0.3 is 10.2 Å². The molecule has 3 nitrogen and oxygen atoms in total. The van der Waals surface area contributed by atoms with Crippen LogP contribution in [0, 0.1) is 0 Å². The summed E-state index contributed by atoms with van der Waals surface area (Å²) in [4.78, 5) is 14.6. The van der Waals surface area contributed by atoms with Gasteiger partial charge in [0.15, 0.2) is 0 Å². The van der Waals surface area contributed by atoms with Gasteiger partial charge in [0.25, 0.3) is 5.91 Å². The summed E-state index contributed by atoms with van der Waals surface area (Å²) in [5.74, 6) is 0.0814. The van der Waals surface area contributed by atoms with Crippen molar-refractivity contribution in [2.45, 2.75) is 32.2 Å². The zero-order valence-electron chi connectivity index (χ0n) is 11.7. The van der Waals surface area contributed by atoms with Crippen molar-refractivity contribution in [3.8, 4) is 0 Å². The molecule has 1 heterocycles. The molecule has 1 aliphatic rings. The molecule has 5 heteroatoms. The molecule has 0 saturated carbocycles. The number of nitrogens with one attached hydrogen (secondary N) is 1. The molecule has 0 radical (unpaired) electrons. The van der Waals surface area contributed by atoms with Gasteiger partial charge in [-0.25, -0.2) is 0 Å². The fourth-order valence-electron chi connectivity index (χ4n) is 2.54. The number of rotatable bonds is 5. The first-order valence-electron chi connectivity index (χ1n) is 7.09. The van der Waals surface area contributed by atoms with E-state index >= 15 is 0 Å². The van der Waals surface area contributed by atoms with Crippen molar-refractivity contribution in [3.63, 3.8) is 0 Å². The van der Waals surface area contributed by atoms with Crippen molar-refractivity contribution in [3.05, 3.63) is 33.3 Å². The van der Waals surface area contributed by atoms with Crippen molar-refractivity contribution in [2.24, 2.45) is 0 Å². The number of hydrogen-bond donors (Lipinski definition) is 1. The summed E-state index contributed by atoms with van der Waals surface area (Å²) in [6, 6.07) is 5.79. The standard InChI is InChI=1S/C15H20BrClN2O/c1-2-8-19(10-12-4-3-7-18-12)15(20)11-5-6-14(17)13(16)9-11/h5-6,9,12,18H,2-4,7-8,10H2,1H3. The van der Waals surface area contributed by atoms with Crippen LogP contribution in [0.3, 0.4) is 0 Å². The third-order valence-corrected chi connectivity index (χ3v) is 4.76. The molecule has 1 fully saturated rings. The maximum atomic E-state index is 12.6. The van der Waals surface area contributed by atoms with E-state index in [1.54, 1.807) is 18.2 Å². The van der Waals surface area contributed by atoms with Crippen LogP contribution in [0.4, 0.5) is 0 Å². The largest absolute Gasteiger partial charge is 0.337 e. The van der Waals surface area contributed by atoms with Crippen molar-refractivity contribution in [2.75, 3.05) is 19.6 Å². The highest BCUT2D eigenvalue weighted by Crippen LogP contribution is 2.24. The van der Waals surface area contributed by atoms with E-state index in [9.17, 15) is 4.79 Å². The van der Waals surface area contributed by atoms with Gasteiger partial charge in [0.1, 0.15) is 0 Å². The number of carbonyl (C=O) groups excluding carboxylic acids is 1. The molecule has 1 atom stereocenters. The summed E-state index contributed by atoms with van der Waals surface area (Å²) in [5.41, 5.74) is 0.688. The number of benzene rings is 1. The van der Waals surface area contributed by atoms with Gasteiger partial charge in [-0.3, -0.25) is 4.79 Å². The Labute approximate surface area is 133 Å². The molecule has 1 unspecified atom stereocenters. The zero-order chi connectivity index (χ0) is 14.5. The van der Waals surface area contributed by atoms with E-state index in [0.29, 0.717) is 16.6 Å². The average Bonchev–Trinajstić information content (AvgIpc) is 2.93. The molecule has 1 aliphatic heterocycles. The second-order valence-electron chi connectivity index (χ2n) is 5.17. The predicted molar refractivity (Wildman–Crippen MR) is 86.4 cm³/mol. The van der Waals surface area contributed by atoms with Crippen molar-refractivity contribution in [1.82, 2.24) is 10.2 Å². The number of halogens is 2. The third-order valence-electron chi connectivity index (χ3n) is 3.55. The van der Waals surface area contributed by atoms with Crippen LogP contribution in [-0.4, -0.2) is 36.5 Å². The number of hydrogen-bond acceptors (Lipinski definition) is 2. The van der Waals surface area contributed by atoms with Crippen LogP contribution in [-0.2, 0) is 0 Å². The highest BCUT2D eigenvalue weighted by molar-refractivity contribution is 9.10. The molecule has 0 aliphatic carbocycles.